The van der Waals surface area contributed by atoms with Crippen molar-refractivity contribution < 1.29 is 13.2 Å². The highest BCUT2D eigenvalue weighted by atomic mass is 32.2. The smallest absolute Gasteiger partial charge is 0.246 e. The fourth-order valence-corrected chi connectivity index (χ4v) is 5.75. The van der Waals surface area contributed by atoms with Gasteiger partial charge in [0.2, 0.25) is 15.9 Å². The van der Waals surface area contributed by atoms with Crippen LogP contribution in [0.3, 0.4) is 0 Å². The van der Waals surface area contributed by atoms with Crippen LogP contribution in [0.2, 0.25) is 0 Å². The fraction of sp³-hybridized carbons (Fsp3) is 0.458. The molecule has 1 atom stereocenters. The Labute approximate surface area is 186 Å². The van der Waals surface area contributed by atoms with E-state index in [1.54, 1.807) is 12.1 Å². The molecule has 0 aromatic heterocycles. The predicted octanol–water partition coefficient (Wildman–Crippen LogP) is 4.11. The van der Waals surface area contributed by atoms with Gasteiger partial charge in [-0.15, -0.1) is 0 Å². The number of nitrogens with one attached hydrogen (secondary N) is 1. The molecule has 0 saturated carbocycles. The molecule has 7 heteroatoms. The maximum Gasteiger partial charge on any atom is 0.246 e. The molecule has 0 radical (unpaired) electrons. The number of nitrogens with zero attached hydrogens (tertiary/aromatic N) is 2. The molecule has 0 spiro atoms. The molecule has 2 aromatic rings. The lowest BCUT2D eigenvalue weighted by Gasteiger charge is -2.27. The SMILES string of the molecule is CCN(CC)S(=O)(=O)c1cc(C)c(C)c(NC(=O)C(c2ccccc2)N2CCCC2)c1. The predicted molar refractivity (Wildman–Crippen MR) is 125 cm³/mol. The van der Waals surface area contributed by atoms with Gasteiger partial charge in [0.25, 0.3) is 0 Å². The number of aryl methyl sites for hydroxylation is 1. The number of anilines is 1. The topological polar surface area (TPSA) is 69.7 Å². The Balaban J connectivity index is 1.97. The zero-order chi connectivity index (χ0) is 22.6. The molecule has 1 heterocycles. The number of hydrogen-bond acceptors (Lipinski definition) is 4. The monoisotopic (exact) mass is 443 g/mol. The molecule has 0 bridgehead atoms. The van der Waals surface area contributed by atoms with Gasteiger partial charge in [0, 0.05) is 18.8 Å². The zero-order valence-electron chi connectivity index (χ0n) is 18.9. The molecule has 1 fully saturated rings. The van der Waals surface area contributed by atoms with Gasteiger partial charge in [-0.3, -0.25) is 9.69 Å². The molecule has 1 saturated heterocycles. The average Bonchev–Trinajstić information content (AvgIpc) is 3.27. The lowest BCUT2D eigenvalue weighted by molar-refractivity contribution is -0.121. The van der Waals surface area contributed by atoms with Crippen LogP contribution in [-0.2, 0) is 14.8 Å². The summed E-state index contributed by atoms with van der Waals surface area (Å²) in [7, 11) is -3.62. The van der Waals surface area contributed by atoms with Gasteiger partial charge in [-0.1, -0.05) is 44.2 Å². The van der Waals surface area contributed by atoms with Gasteiger partial charge in [0.05, 0.1) is 4.90 Å². The number of likely N-dealkylation sites (tertiary alicyclic amines) is 1. The molecule has 168 valence electrons. The van der Waals surface area contributed by atoms with Crippen molar-refractivity contribution in [1.82, 2.24) is 9.21 Å². The molecule has 1 amide bonds. The largest absolute Gasteiger partial charge is 0.324 e. The summed E-state index contributed by atoms with van der Waals surface area (Å²) < 4.78 is 27.6. The molecule has 0 aliphatic carbocycles. The Morgan fingerprint density at radius 2 is 1.68 bits per heavy atom. The highest BCUT2D eigenvalue weighted by Crippen LogP contribution is 2.30. The van der Waals surface area contributed by atoms with E-state index < -0.39 is 16.1 Å². The molecule has 31 heavy (non-hydrogen) atoms. The van der Waals surface area contributed by atoms with E-state index in [-0.39, 0.29) is 10.8 Å². The molecule has 1 unspecified atom stereocenters. The van der Waals surface area contributed by atoms with Gasteiger partial charge in [0.15, 0.2) is 0 Å². The minimum absolute atomic E-state index is 0.131. The summed E-state index contributed by atoms with van der Waals surface area (Å²) in [5, 5.41) is 3.05. The first-order valence-corrected chi connectivity index (χ1v) is 12.4. The summed E-state index contributed by atoms with van der Waals surface area (Å²) in [6.07, 6.45) is 2.15. The van der Waals surface area contributed by atoms with Gasteiger partial charge in [0.1, 0.15) is 6.04 Å². The second kappa shape index (κ2) is 9.94. The van der Waals surface area contributed by atoms with Crippen LogP contribution in [0.1, 0.15) is 49.4 Å². The number of sulfonamides is 1. The Bertz CT molecular complexity index is 1010. The molecule has 1 N–H and O–H groups in total. The maximum absolute atomic E-state index is 13.5. The number of benzene rings is 2. The van der Waals surface area contributed by atoms with E-state index in [0.29, 0.717) is 18.8 Å². The normalized spacial score (nSPS) is 15.9. The summed E-state index contributed by atoms with van der Waals surface area (Å²) in [5.74, 6) is -0.131. The minimum atomic E-state index is -3.62. The summed E-state index contributed by atoms with van der Waals surface area (Å²) in [6, 6.07) is 12.7. The van der Waals surface area contributed by atoms with Crippen LogP contribution in [-0.4, -0.2) is 49.7 Å². The first-order chi connectivity index (χ1) is 14.8. The number of amides is 1. The third-order valence-electron chi connectivity index (χ3n) is 6.11. The Kier molecular flexibility index (Phi) is 7.51. The van der Waals surface area contributed by atoms with Gasteiger partial charge in [-0.25, -0.2) is 8.42 Å². The first kappa shape index (κ1) is 23.4. The molecule has 3 rings (SSSR count). The lowest BCUT2D eigenvalue weighted by atomic mass is 10.0. The van der Waals surface area contributed by atoms with Crippen LogP contribution in [0.4, 0.5) is 5.69 Å². The molecule has 6 nitrogen and oxygen atoms in total. The second-order valence-electron chi connectivity index (χ2n) is 8.05. The van der Waals surface area contributed by atoms with E-state index in [1.807, 2.05) is 58.0 Å². The van der Waals surface area contributed by atoms with E-state index in [9.17, 15) is 13.2 Å². The minimum Gasteiger partial charge on any atom is -0.324 e. The van der Waals surface area contributed by atoms with E-state index in [4.69, 9.17) is 0 Å². The highest BCUT2D eigenvalue weighted by Gasteiger charge is 2.30. The van der Waals surface area contributed by atoms with Crippen LogP contribution in [0.15, 0.2) is 47.4 Å². The quantitative estimate of drug-likeness (QED) is 0.667. The Morgan fingerprint density at radius 3 is 2.26 bits per heavy atom. The van der Waals surface area contributed by atoms with Crippen molar-refractivity contribution in [3.8, 4) is 0 Å². The Hall–Kier alpha value is -2.22. The van der Waals surface area contributed by atoms with E-state index in [2.05, 4.69) is 10.2 Å². The molecule has 2 aromatic carbocycles. The van der Waals surface area contributed by atoms with Crippen LogP contribution in [0, 0.1) is 13.8 Å². The van der Waals surface area contributed by atoms with Crippen molar-refractivity contribution in [2.24, 2.45) is 0 Å². The maximum atomic E-state index is 13.5. The van der Waals surface area contributed by atoms with Crippen molar-refractivity contribution in [1.29, 1.82) is 0 Å². The van der Waals surface area contributed by atoms with Gasteiger partial charge in [-0.05, 0) is 68.6 Å². The van der Waals surface area contributed by atoms with E-state index in [0.717, 1.165) is 42.6 Å². The summed E-state index contributed by atoms with van der Waals surface area (Å²) >= 11 is 0. The summed E-state index contributed by atoms with van der Waals surface area (Å²) in [6.45, 7) is 9.99. The van der Waals surface area contributed by atoms with E-state index in [1.165, 1.54) is 4.31 Å². The Morgan fingerprint density at radius 1 is 1.06 bits per heavy atom. The van der Waals surface area contributed by atoms with Gasteiger partial charge >= 0.3 is 0 Å². The summed E-state index contributed by atoms with van der Waals surface area (Å²) in [4.78, 5) is 15.9. The molecular weight excluding hydrogens is 410 g/mol. The lowest BCUT2D eigenvalue weighted by Crippen LogP contribution is -2.35. The van der Waals surface area contributed by atoms with Crippen molar-refractivity contribution in [2.45, 2.75) is 51.5 Å². The van der Waals surface area contributed by atoms with Gasteiger partial charge < -0.3 is 5.32 Å². The third-order valence-corrected chi connectivity index (χ3v) is 8.14. The highest BCUT2D eigenvalue weighted by molar-refractivity contribution is 7.89. The van der Waals surface area contributed by atoms with Crippen LogP contribution in [0.5, 0.6) is 0 Å². The summed E-state index contributed by atoms with van der Waals surface area (Å²) in [5.41, 5.74) is 3.21. The first-order valence-electron chi connectivity index (χ1n) is 11.0. The standard InChI is InChI=1S/C24H33N3O3S/c1-5-27(6-2)31(29,30)21-16-18(3)19(4)22(17-21)25-24(28)23(26-14-10-11-15-26)20-12-8-7-9-13-20/h7-9,12-13,16-17,23H,5-6,10-11,14-15H2,1-4H3,(H,25,28). The van der Waals surface area contributed by atoms with Crippen molar-refractivity contribution in [3.05, 3.63) is 59.2 Å². The molecular formula is C24H33N3O3S. The van der Waals surface area contributed by atoms with Crippen LogP contribution in [0.25, 0.3) is 0 Å². The van der Waals surface area contributed by atoms with Crippen LogP contribution < -0.4 is 5.32 Å². The van der Waals surface area contributed by atoms with Crippen molar-refractivity contribution in [2.75, 3.05) is 31.5 Å². The fourth-order valence-electron chi connectivity index (χ4n) is 4.18. The van der Waals surface area contributed by atoms with Crippen molar-refractivity contribution >= 4 is 21.6 Å². The third kappa shape index (κ3) is 5.00. The zero-order valence-corrected chi connectivity index (χ0v) is 19.7. The van der Waals surface area contributed by atoms with Gasteiger partial charge in [-0.2, -0.15) is 4.31 Å². The van der Waals surface area contributed by atoms with E-state index >= 15 is 0 Å². The molecule has 1 aliphatic heterocycles. The number of rotatable bonds is 8. The number of carbonyl (C=O) groups excluding carboxylic acids is 1. The van der Waals surface area contributed by atoms with Crippen LogP contribution >= 0.6 is 0 Å². The number of carbonyl (C=O) groups is 1. The average molecular weight is 444 g/mol. The molecule has 1 aliphatic rings. The number of hydrogen-bond donors (Lipinski definition) is 1. The second-order valence-corrected chi connectivity index (χ2v) is 9.99. The van der Waals surface area contributed by atoms with Crippen molar-refractivity contribution in [3.63, 3.8) is 0 Å².